The van der Waals surface area contributed by atoms with Crippen LogP contribution in [0.1, 0.15) is 117 Å². The molecular weight excluding hydrogens is 853 g/mol. The summed E-state index contributed by atoms with van der Waals surface area (Å²) in [6.07, 6.45) is 12.4. The number of morpholine rings is 1. The number of hydrogen-bond donors (Lipinski definition) is 2. The van der Waals surface area contributed by atoms with Gasteiger partial charge in [-0.3, -0.25) is 33.5 Å². The Hall–Kier alpha value is -5.53. The average Bonchev–Trinajstić information content (AvgIpc) is 4.14. The standard InChI is InChI=1S/C47H55F2N11O6/c1-55-40-33(3-2-4-35(40)60(45(55)64)36-9-10-38(61)53-44(36)63)47-23-46(24-47,25-47)26-66-30-11-14-56(15-12-30)19-27-5-7-28(8-6-27)59-21-34(39(54-59)41(48)49)51-43(62)32-18-50-58-16-13-37(52-42(32)58)57-20-31-17-29(57)22-65-31/h2-4,13,16,18,21,27-31,36,41H,5-12,14-15,17,19-20,22-26H2,1H3,(H,51,62)(H,53,61,63)/t27?,28?,29-,31-,36?,46?,47?/m1/s1. The number of anilines is 2. The van der Waals surface area contributed by atoms with Crippen LogP contribution in [-0.4, -0.2) is 114 Å². The third kappa shape index (κ3) is 6.97. The summed E-state index contributed by atoms with van der Waals surface area (Å²) in [5.41, 5.74) is 2.87. The lowest BCUT2D eigenvalue weighted by Crippen LogP contribution is -2.66. The molecule has 1 unspecified atom stereocenters. The highest BCUT2D eigenvalue weighted by Crippen LogP contribution is 2.74. The highest BCUT2D eigenvalue weighted by molar-refractivity contribution is 6.08. The molecule has 0 radical (unpaired) electrons. The lowest BCUT2D eigenvalue weighted by Gasteiger charge is -2.71. The quantitative estimate of drug-likeness (QED) is 0.160. The van der Waals surface area contributed by atoms with Gasteiger partial charge in [0.15, 0.2) is 11.3 Å². The van der Waals surface area contributed by atoms with E-state index < -0.39 is 30.0 Å². The molecule has 3 atom stereocenters. The number of amides is 3. The number of piperidine rings is 2. The van der Waals surface area contributed by atoms with E-state index >= 15 is 0 Å². The molecule has 4 saturated heterocycles. The number of likely N-dealkylation sites (tertiary alicyclic amines) is 1. The maximum atomic E-state index is 14.3. The van der Waals surface area contributed by atoms with Gasteiger partial charge in [-0.05, 0) is 105 Å². The Bertz CT molecular complexity index is 2800. The minimum Gasteiger partial charge on any atom is -0.378 e. The Balaban J connectivity index is 0.612. The van der Waals surface area contributed by atoms with Gasteiger partial charge in [-0.1, -0.05) is 12.1 Å². The molecule has 66 heavy (non-hydrogen) atoms. The number of nitrogens with one attached hydrogen (secondary N) is 2. The molecule has 8 aliphatic rings. The summed E-state index contributed by atoms with van der Waals surface area (Å²) in [6.45, 7) is 5.11. The number of imidazole rings is 1. The number of rotatable bonds is 12. The monoisotopic (exact) mass is 907 g/mol. The van der Waals surface area contributed by atoms with Crippen LogP contribution in [-0.2, 0) is 31.5 Å². The van der Waals surface area contributed by atoms with Gasteiger partial charge in [0, 0.05) is 52.0 Å². The summed E-state index contributed by atoms with van der Waals surface area (Å²) in [5, 5.41) is 13.7. The molecule has 0 spiro atoms. The van der Waals surface area contributed by atoms with Crippen LogP contribution in [0.15, 0.2) is 47.7 Å². The molecule has 348 valence electrons. The van der Waals surface area contributed by atoms with Crippen molar-refractivity contribution >= 4 is 45.9 Å². The van der Waals surface area contributed by atoms with Gasteiger partial charge in [-0.2, -0.15) is 10.2 Å². The van der Waals surface area contributed by atoms with Crippen LogP contribution in [0.2, 0.25) is 0 Å². The first-order chi connectivity index (χ1) is 31.9. The average molecular weight is 908 g/mol. The number of aromatic nitrogens is 7. The summed E-state index contributed by atoms with van der Waals surface area (Å²) >= 11 is 0. The normalized spacial score (nSPS) is 30.1. The second-order valence-corrected chi connectivity index (χ2v) is 20.4. The molecule has 4 bridgehead atoms. The van der Waals surface area contributed by atoms with Crippen LogP contribution in [0.25, 0.3) is 16.7 Å². The van der Waals surface area contributed by atoms with Crippen molar-refractivity contribution in [2.75, 3.05) is 49.6 Å². The molecule has 2 N–H and O–H groups in total. The molecule has 1 aromatic carbocycles. The molecule has 4 saturated carbocycles. The summed E-state index contributed by atoms with van der Waals surface area (Å²) in [7, 11) is 1.78. The van der Waals surface area contributed by atoms with Gasteiger partial charge in [-0.25, -0.2) is 23.1 Å². The van der Waals surface area contributed by atoms with Gasteiger partial charge in [0.1, 0.15) is 17.4 Å². The molecule has 8 heterocycles. The van der Waals surface area contributed by atoms with Gasteiger partial charge in [0.2, 0.25) is 11.8 Å². The minimum absolute atomic E-state index is 0.00484. The molecule has 8 fully saturated rings. The number of carbonyl (C=O) groups excluding carboxylic acids is 3. The molecule has 4 aliphatic carbocycles. The molecule has 4 aliphatic heterocycles. The van der Waals surface area contributed by atoms with Gasteiger partial charge in [-0.15, -0.1) is 0 Å². The van der Waals surface area contributed by atoms with E-state index in [1.165, 1.54) is 16.3 Å². The Morgan fingerprint density at radius 2 is 1.83 bits per heavy atom. The van der Waals surface area contributed by atoms with Crippen molar-refractivity contribution in [1.82, 2.24) is 43.7 Å². The highest BCUT2D eigenvalue weighted by Gasteiger charge is 2.69. The fourth-order valence-electron chi connectivity index (χ4n) is 12.9. The summed E-state index contributed by atoms with van der Waals surface area (Å²) in [5.74, 6) is -0.0297. The lowest BCUT2D eigenvalue weighted by atomic mass is 9.33. The number of alkyl halides is 2. The topological polar surface area (TPSA) is 175 Å². The number of ether oxygens (including phenoxy) is 2. The molecule has 13 rings (SSSR count). The van der Waals surface area contributed by atoms with Crippen molar-refractivity contribution in [2.45, 2.75) is 119 Å². The van der Waals surface area contributed by atoms with Crippen LogP contribution in [0.4, 0.5) is 20.3 Å². The summed E-state index contributed by atoms with van der Waals surface area (Å²) < 4.78 is 47.4. The fraction of sp³-hybridized carbons (Fsp3) is 0.596. The first-order valence-electron chi connectivity index (χ1n) is 23.7. The van der Waals surface area contributed by atoms with Crippen molar-refractivity contribution < 1.29 is 32.6 Å². The second kappa shape index (κ2) is 15.8. The van der Waals surface area contributed by atoms with E-state index in [1.54, 1.807) is 33.3 Å². The van der Waals surface area contributed by atoms with E-state index in [0.717, 1.165) is 114 Å². The smallest absolute Gasteiger partial charge is 0.329 e. The van der Waals surface area contributed by atoms with Crippen LogP contribution < -0.4 is 21.2 Å². The van der Waals surface area contributed by atoms with Crippen molar-refractivity contribution in [1.29, 1.82) is 0 Å². The van der Waals surface area contributed by atoms with Gasteiger partial charge < -0.3 is 24.6 Å². The van der Waals surface area contributed by atoms with Crippen molar-refractivity contribution in [3.63, 3.8) is 0 Å². The number of aryl methyl sites for hydroxylation is 1. The maximum Gasteiger partial charge on any atom is 0.329 e. The molecule has 5 aromatic rings. The largest absolute Gasteiger partial charge is 0.378 e. The third-order valence-corrected chi connectivity index (χ3v) is 16.2. The van der Waals surface area contributed by atoms with Crippen molar-refractivity contribution in [3.8, 4) is 0 Å². The number of nitrogens with zero attached hydrogens (tertiary/aromatic N) is 9. The van der Waals surface area contributed by atoms with E-state index in [1.807, 2.05) is 18.2 Å². The Kier molecular flexibility index (Phi) is 10.0. The van der Waals surface area contributed by atoms with E-state index in [0.29, 0.717) is 24.6 Å². The minimum atomic E-state index is -2.85. The molecule has 19 heteroatoms. The predicted molar refractivity (Wildman–Crippen MR) is 237 cm³/mol. The van der Waals surface area contributed by atoms with Gasteiger partial charge in [0.25, 0.3) is 12.3 Å². The Labute approximate surface area is 378 Å². The first-order valence-corrected chi connectivity index (χ1v) is 23.7. The van der Waals surface area contributed by atoms with Crippen LogP contribution in [0, 0.1) is 11.3 Å². The van der Waals surface area contributed by atoms with E-state index in [-0.39, 0.29) is 64.4 Å². The second-order valence-electron chi connectivity index (χ2n) is 20.4. The number of benzene rings is 1. The SMILES string of the molecule is Cn1c(=O)n(C2CCC(=O)NC2=O)c2cccc(C34CC(COC5CCN(CC6CCC(n7cc(NC(=O)c8cnn9ccc(N%10C[C@H]%11C[C@@H]%10CO%11)nc89)c(C(F)F)n7)CC6)CC5)(C3)C4)c21. The highest BCUT2D eigenvalue weighted by atomic mass is 19.3. The van der Waals surface area contributed by atoms with Crippen LogP contribution in [0.3, 0.4) is 0 Å². The van der Waals surface area contributed by atoms with E-state index in [9.17, 15) is 28.0 Å². The Morgan fingerprint density at radius 1 is 1.03 bits per heavy atom. The van der Waals surface area contributed by atoms with E-state index in [2.05, 4.69) is 36.7 Å². The zero-order chi connectivity index (χ0) is 45.1. The summed E-state index contributed by atoms with van der Waals surface area (Å²) in [6, 6.07) is 7.41. The third-order valence-electron chi connectivity index (χ3n) is 16.2. The zero-order valence-electron chi connectivity index (χ0n) is 37.0. The lowest BCUT2D eigenvalue weighted by molar-refractivity contribution is -0.193. The number of fused-ring (bicyclic) bond motifs is 4. The van der Waals surface area contributed by atoms with Gasteiger partial charge >= 0.3 is 5.69 Å². The van der Waals surface area contributed by atoms with E-state index in [4.69, 9.17) is 14.5 Å². The fourth-order valence-corrected chi connectivity index (χ4v) is 12.9. The first kappa shape index (κ1) is 41.9. The molecule has 3 amide bonds. The molecule has 4 aromatic heterocycles. The predicted octanol–water partition coefficient (Wildman–Crippen LogP) is 5.06. The number of carbonyl (C=O) groups is 3. The number of hydrogen-bond acceptors (Lipinski definition) is 11. The van der Waals surface area contributed by atoms with Gasteiger partial charge in [0.05, 0.1) is 60.4 Å². The maximum absolute atomic E-state index is 14.3. The van der Waals surface area contributed by atoms with Crippen molar-refractivity contribution in [3.05, 3.63) is 70.2 Å². The number of para-hydroxylation sites is 1. The zero-order valence-corrected chi connectivity index (χ0v) is 37.0. The summed E-state index contributed by atoms with van der Waals surface area (Å²) in [4.78, 5) is 61.1. The van der Waals surface area contributed by atoms with Crippen molar-refractivity contribution in [2.24, 2.45) is 18.4 Å². The van der Waals surface area contributed by atoms with Crippen LogP contribution in [0.5, 0.6) is 0 Å². The number of imide groups is 1. The Morgan fingerprint density at radius 3 is 2.56 bits per heavy atom. The molecular formula is C47H55F2N11O6. The number of halogens is 2. The van der Waals surface area contributed by atoms with Crippen LogP contribution >= 0.6 is 0 Å². The molecule has 17 nitrogen and oxygen atoms in total.